The molecule has 0 heterocycles. The zero-order chi connectivity index (χ0) is 27.6. The maximum Gasteiger partial charge on any atom is 0.0238 e. The summed E-state index contributed by atoms with van der Waals surface area (Å²) in [4.78, 5) is 0. The Balaban J connectivity index is 3.29. The SMILES string of the molecule is CCCCC/C=C\C/C=C\CCCCCCCCN(O)CCCCCCCC/C=C\C/C=C\CCCCC. The Bertz CT molecular complexity index is 500. The summed E-state index contributed by atoms with van der Waals surface area (Å²) in [6.07, 6.45) is 49.1. The molecule has 2 heteroatoms. The Morgan fingerprint density at radius 1 is 0.368 bits per heavy atom. The lowest BCUT2D eigenvalue weighted by Gasteiger charge is -2.14. The number of allylic oxidation sites excluding steroid dienone is 8. The summed E-state index contributed by atoms with van der Waals surface area (Å²) in [5.41, 5.74) is 0. The van der Waals surface area contributed by atoms with Crippen LogP contribution >= 0.6 is 0 Å². The second kappa shape index (κ2) is 33.9. The molecule has 0 fully saturated rings. The Kier molecular flexibility index (Phi) is 32.9. The summed E-state index contributed by atoms with van der Waals surface area (Å²) < 4.78 is 0. The lowest BCUT2D eigenvalue weighted by molar-refractivity contribution is -0.0925. The van der Waals surface area contributed by atoms with E-state index in [-0.39, 0.29) is 0 Å². The smallest absolute Gasteiger partial charge is 0.0238 e. The Labute approximate surface area is 239 Å². The van der Waals surface area contributed by atoms with E-state index in [4.69, 9.17) is 0 Å². The standard InChI is InChI=1S/C36H67NO/c1-3-5-7-9-11-13-15-17-19-21-23-25-27-29-31-33-35-37(38)36-34-32-30-28-26-24-22-20-18-16-14-12-10-8-6-4-2/h11-14,17-20,38H,3-10,15-16,21-36H2,1-2H3/b13-11-,14-12-,19-17-,20-18-. The fourth-order valence-electron chi connectivity index (χ4n) is 4.68. The van der Waals surface area contributed by atoms with Crippen molar-refractivity contribution in [3.8, 4) is 0 Å². The third-order valence-electron chi connectivity index (χ3n) is 7.23. The van der Waals surface area contributed by atoms with E-state index in [9.17, 15) is 5.21 Å². The molecule has 2 nitrogen and oxygen atoms in total. The van der Waals surface area contributed by atoms with E-state index >= 15 is 0 Å². The van der Waals surface area contributed by atoms with Crippen molar-refractivity contribution in [2.75, 3.05) is 13.1 Å². The van der Waals surface area contributed by atoms with E-state index in [0.717, 1.165) is 38.8 Å². The van der Waals surface area contributed by atoms with E-state index in [1.807, 2.05) is 0 Å². The summed E-state index contributed by atoms with van der Waals surface area (Å²) in [6, 6.07) is 0. The van der Waals surface area contributed by atoms with Gasteiger partial charge in [0.25, 0.3) is 0 Å². The van der Waals surface area contributed by atoms with Gasteiger partial charge in [-0.3, -0.25) is 0 Å². The number of nitrogens with zero attached hydrogens (tertiary/aromatic N) is 1. The van der Waals surface area contributed by atoms with Crippen molar-refractivity contribution >= 4 is 0 Å². The maximum atomic E-state index is 10.1. The minimum Gasteiger partial charge on any atom is -0.314 e. The highest BCUT2D eigenvalue weighted by Gasteiger charge is 2.00. The fraction of sp³-hybridized carbons (Fsp3) is 0.778. The fourth-order valence-corrected chi connectivity index (χ4v) is 4.68. The van der Waals surface area contributed by atoms with Crippen molar-refractivity contribution in [1.29, 1.82) is 0 Å². The molecule has 0 aromatic carbocycles. The molecule has 0 aliphatic rings. The van der Waals surface area contributed by atoms with Gasteiger partial charge in [-0.15, -0.1) is 0 Å². The molecule has 0 aromatic rings. The molecule has 0 saturated heterocycles. The van der Waals surface area contributed by atoms with E-state index in [2.05, 4.69) is 62.5 Å². The Morgan fingerprint density at radius 2 is 0.658 bits per heavy atom. The van der Waals surface area contributed by atoms with Gasteiger partial charge in [0.05, 0.1) is 0 Å². The maximum absolute atomic E-state index is 10.1. The van der Waals surface area contributed by atoms with Gasteiger partial charge < -0.3 is 5.21 Å². The lowest BCUT2D eigenvalue weighted by atomic mass is 10.1. The van der Waals surface area contributed by atoms with Crippen molar-refractivity contribution in [1.82, 2.24) is 5.06 Å². The number of hydrogen-bond donors (Lipinski definition) is 1. The first-order valence-corrected chi connectivity index (χ1v) is 16.8. The average molecular weight is 530 g/mol. The van der Waals surface area contributed by atoms with Crippen LogP contribution in [-0.4, -0.2) is 23.4 Å². The van der Waals surface area contributed by atoms with Crippen LogP contribution in [0.2, 0.25) is 0 Å². The summed E-state index contributed by atoms with van der Waals surface area (Å²) >= 11 is 0. The summed E-state index contributed by atoms with van der Waals surface area (Å²) in [5, 5.41) is 11.6. The van der Waals surface area contributed by atoms with Gasteiger partial charge >= 0.3 is 0 Å². The molecule has 0 aliphatic heterocycles. The predicted molar refractivity (Wildman–Crippen MR) is 172 cm³/mol. The number of rotatable bonds is 30. The van der Waals surface area contributed by atoms with Gasteiger partial charge in [-0.1, -0.05) is 140 Å². The first-order valence-electron chi connectivity index (χ1n) is 16.8. The van der Waals surface area contributed by atoms with Crippen molar-refractivity contribution in [2.24, 2.45) is 0 Å². The van der Waals surface area contributed by atoms with Crippen LogP contribution in [0.15, 0.2) is 48.6 Å². The first kappa shape index (κ1) is 36.9. The van der Waals surface area contributed by atoms with Gasteiger partial charge in [-0.05, 0) is 77.0 Å². The zero-order valence-electron chi connectivity index (χ0n) is 25.9. The number of unbranched alkanes of at least 4 members (excludes halogenated alkanes) is 18. The van der Waals surface area contributed by atoms with Gasteiger partial charge in [0.1, 0.15) is 0 Å². The molecule has 0 unspecified atom stereocenters. The molecule has 0 radical (unpaired) electrons. The highest BCUT2D eigenvalue weighted by Crippen LogP contribution is 2.11. The van der Waals surface area contributed by atoms with Crippen molar-refractivity contribution < 1.29 is 5.21 Å². The van der Waals surface area contributed by atoms with E-state index in [0.29, 0.717) is 0 Å². The van der Waals surface area contributed by atoms with Gasteiger partial charge in [0, 0.05) is 13.1 Å². The molecular weight excluding hydrogens is 462 g/mol. The molecule has 0 aromatic heterocycles. The summed E-state index contributed by atoms with van der Waals surface area (Å²) in [5.74, 6) is 0. The lowest BCUT2D eigenvalue weighted by Crippen LogP contribution is -2.21. The molecule has 0 atom stereocenters. The van der Waals surface area contributed by atoms with Crippen molar-refractivity contribution in [3.05, 3.63) is 48.6 Å². The van der Waals surface area contributed by atoms with Crippen LogP contribution < -0.4 is 0 Å². The summed E-state index contributed by atoms with van der Waals surface area (Å²) in [7, 11) is 0. The normalized spacial score (nSPS) is 12.5. The van der Waals surface area contributed by atoms with Crippen LogP contribution in [0.4, 0.5) is 0 Å². The van der Waals surface area contributed by atoms with E-state index < -0.39 is 0 Å². The second-order valence-electron chi connectivity index (χ2n) is 11.1. The first-order chi connectivity index (χ1) is 18.8. The number of hydroxylamine groups is 2. The Hall–Kier alpha value is -1.12. The van der Waals surface area contributed by atoms with Gasteiger partial charge in [-0.2, -0.15) is 5.06 Å². The molecule has 38 heavy (non-hydrogen) atoms. The molecule has 0 bridgehead atoms. The molecule has 222 valence electrons. The van der Waals surface area contributed by atoms with Crippen LogP contribution in [0.1, 0.15) is 168 Å². The largest absolute Gasteiger partial charge is 0.314 e. The minimum absolute atomic E-state index is 0.842. The van der Waals surface area contributed by atoms with E-state index in [1.54, 1.807) is 5.06 Å². The molecule has 0 rings (SSSR count). The average Bonchev–Trinajstić information content (AvgIpc) is 2.92. The number of hydrogen-bond acceptors (Lipinski definition) is 2. The van der Waals surface area contributed by atoms with Crippen LogP contribution in [0.5, 0.6) is 0 Å². The monoisotopic (exact) mass is 530 g/mol. The van der Waals surface area contributed by atoms with Crippen molar-refractivity contribution in [2.45, 2.75) is 168 Å². The van der Waals surface area contributed by atoms with E-state index in [1.165, 1.54) is 128 Å². The van der Waals surface area contributed by atoms with Crippen LogP contribution in [-0.2, 0) is 0 Å². The third kappa shape index (κ3) is 32.9. The topological polar surface area (TPSA) is 23.5 Å². The molecule has 0 spiro atoms. The van der Waals surface area contributed by atoms with Crippen LogP contribution in [0, 0.1) is 0 Å². The van der Waals surface area contributed by atoms with Gasteiger partial charge in [0.15, 0.2) is 0 Å². The predicted octanol–water partition coefficient (Wildman–Crippen LogP) is 12.3. The minimum atomic E-state index is 0.842. The second-order valence-corrected chi connectivity index (χ2v) is 11.1. The van der Waals surface area contributed by atoms with Crippen molar-refractivity contribution in [3.63, 3.8) is 0 Å². The summed E-state index contributed by atoms with van der Waals surface area (Å²) in [6.45, 7) is 6.20. The highest BCUT2D eigenvalue weighted by molar-refractivity contribution is 4.93. The molecule has 0 amide bonds. The Morgan fingerprint density at radius 3 is 1.00 bits per heavy atom. The van der Waals surface area contributed by atoms with Gasteiger partial charge in [0.2, 0.25) is 0 Å². The van der Waals surface area contributed by atoms with Crippen LogP contribution in [0.3, 0.4) is 0 Å². The molecule has 1 N–H and O–H groups in total. The molecular formula is C36H67NO. The van der Waals surface area contributed by atoms with Crippen LogP contribution in [0.25, 0.3) is 0 Å². The molecule has 0 saturated carbocycles. The highest BCUT2D eigenvalue weighted by atomic mass is 16.5. The quantitative estimate of drug-likeness (QED) is 0.0568. The zero-order valence-corrected chi connectivity index (χ0v) is 25.9. The molecule has 0 aliphatic carbocycles. The third-order valence-corrected chi connectivity index (χ3v) is 7.23. The van der Waals surface area contributed by atoms with Gasteiger partial charge in [-0.25, -0.2) is 0 Å².